The first-order chi connectivity index (χ1) is 9.95. The second-order valence-electron chi connectivity index (χ2n) is 6.16. The maximum absolute atomic E-state index is 14.0. The van der Waals surface area contributed by atoms with Gasteiger partial charge < -0.3 is 10.0 Å². The lowest BCUT2D eigenvalue weighted by Gasteiger charge is -2.40. The number of likely N-dealkylation sites (tertiary alicyclic amines) is 1. The number of phenols is 1. The Morgan fingerprint density at radius 1 is 1.14 bits per heavy atom. The molecule has 0 spiro atoms. The van der Waals surface area contributed by atoms with E-state index in [9.17, 15) is 9.50 Å². The molecule has 0 aliphatic carbocycles. The first-order valence-corrected chi connectivity index (χ1v) is 7.33. The van der Waals surface area contributed by atoms with Gasteiger partial charge in [-0.05, 0) is 39.8 Å². The average molecular weight is 289 g/mol. The van der Waals surface area contributed by atoms with Crippen LogP contribution in [0.3, 0.4) is 0 Å². The minimum atomic E-state index is -0.449. The molecule has 21 heavy (non-hydrogen) atoms. The lowest BCUT2D eigenvalue weighted by Crippen LogP contribution is -2.43. The van der Waals surface area contributed by atoms with E-state index in [1.807, 2.05) is 0 Å². The Labute approximate surface area is 123 Å². The van der Waals surface area contributed by atoms with Crippen molar-refractivity contribution >= 4 is 10.9 Å². The highest BCUT2D eigenvalue weighted by atomic mass is 19.1. The van der Waals surface area contributed by atoms with Gasteiger partial charge in [0, 0.05) is 35.5 Å². The molecule has 4 nitrogen and oxygen atoms in total. The summed E-state index contributed by atoms with van der Waals surface area (Å²) in [6.45, 7) is 4.41. The summed E-state index contributed by atoms with van der Waals surface area (Å²) in [5.74, 6) is -0.268. The molecule has 5 heteroatoms. The van der Waals surface area contributed by atoms with Crippen LogP contribution in [-0.4, -0.2) is 39.3 Å². The van der Waals surface area contributed by atoms with E-state index in [0.717, 1.165) is 24.6 Å². The van der Waals surface area contributed by atoms with Crippen LogP contribution >= 0.6 is 0 Å². The minimum Gasteiger partial charge on any atom is -0.508 e. The molecule has 0 radical (unpaired) electrons. The zero-order valence-electron chi connectivity index (χ0n) is 12.5. The van der Waals surface area contributed by atoms with Crippen molar-refractivity contribution in [2.24, 2.45) is 0 Å². The van der Waals surface area contributed by atoms with Crippen LogP contribution in [0.15, 0.2) is 18.2 Å². The standard InChI is InChI=1S/C16H20FN3O/c1-9-4-11(5-10(2)20(9)3)15-8-13-14(17)6-12(21)7-16(13)19-18-15/h6-11,21H,4-5H2,1-3H3/t9-,10+,11+. The van der Waals surface area contributed by atoms with Crippen molar-refractivity contribution in [2.45, 2.75) is 44.7 Å². The van der Waals surface area contributed by atoms with Crippen LogP contribution in [0.2, 0.25) is 0 Å². The summed E-state index contributed by atoms with van der Waals surface area (Å²) in [6.07, 6.45) is 2.00. The number of rotatable bonds is 1. The molecule has 1 fully saturated rings. The molecule has 3 rings (SSSR count). The molecule has 0 saturated carbocycles. The first-order valence-electron chi connectivity index (χ1n) is 7.33. The molecule has 0 unspecified atom stereocenters. The fraction of sp³-hybridized carbons (Fsp3) is 0.500. The highest BCUT2D eigenvalue weighted by Crippen LogP contribution is 2.34. The van der Waals surface area contributed by atoms with E-state index in [4.69, 9.17) is 0 Å². The molecule has 1 N–H and O–H groups in total. The molecule has 1 aliphatic heterocycles. The van der Waals surface area contributed by atoms with Gasteiger partial charge in [-0.1, -0.05) is 0 Å². The summed E-state index contributed by atoms with van der Waals surface area (Å²) >= 11 is 0. The van der Waals surface area contributed by atoms with Gasteiger partial charge in [0.2, 0.25) is 0 Å². The summed E-state index contributed by atoms with van der Waals surface area (Å²) in [5.41, 5.74) is 1.24. The Balaban J connectivity index is 1.98. The number of fused-ring (bicyclic) bond motifs is 1. The Bertz CT molecular complexity index is 664. The predicted molar refractivity (Wildman–Crippen MR) is 79.8 cm³/mol. The van der Waals surface area contributed by atoms with Crippen LogP contribution in [-0.2, 0) is 0 Å². The first kappa shape index (κ1) is 14.2. The van der Waals surface area contributed by atoms with Gasteiger partial charge in [-0.3, -0.25) is 0 Å². The normalized spacial score (nSPS) is 27.1. The van der Waals surface area contributed by atoms with Crippen molar-refractivity contribution in [3.05, 3.63) is 29.7 Å². The van der Waals surface area contributed by atoms with Gasteiger partial charge in [-0.15, -0.1) is 0 Å². The number of phenolic OH excluding ortho intramolecular Hbond substituents is 1. The number of hydrogen-bond donors (Lipinski definition) is 1. The summed E-state index contributed by atoms with van der Waals surface area (Å²) in [7, 11) is 2.14. The molecule has 0 bridgehead atoms. The molecule has 3 atom stereocenters. The van der Waals surface area contributed by atoms with Gasteiger partial charge in [0.1, 0.15) is 11.6 Å². The van der Waals surface area contributed by atoms with Crippen LogP contribution in [0.1, 0.15) is 38.3 Å². The van der Waals surface area contributed by atoms with Crippen molar-refractivity contribution in [2.75, 3.05) is 7.05 Å². The highest BCUT2D eigenvalue weighted by molar-refractivity contribution is 5.80. The lowest BCUT2D eigenvalue weighted by atomic mass is 9.85. The Hall–Kier alpha value is -1.75. The molecule has 1 aliphatic rings. The Morgan fingerprint density at radius 2 is 1.81 bits per heavy atom. The van der Waals surface area contributed by atoms with E-state index in [-0.39, 0.29) is 5.75 Å². The largest absolute Gasteiger partial charge is 0.508 e. The maximum Gasteiger partial charge on any atom is 0.136 e. The van der Waals surface area contributed by atoms with Crippen LogP contribution in [0, 0.1) is 5.82 Å². The molecule has 0 amide bonds. The van der Waals surface area contributed by atoms with E-state index >= 15 is 0 Å². The van der Waals surface area contributed by atoms with E-state index < -0.39 is 5.82 Å². The van der Waals surface area contributed by atoms with E-state index in [0.29, 0.717) is 28.9 Å². The van der Waals surface area contributed by atoms with Gasteiger partial charge in [0.05, 0.1) is 11.2 Å². The van der Waals surface area contributed by atoms with E-state index in [2.05, 4.69) is 36.0 Å². The van der Waals surface area contributed by atoms with Gasteiger partial charge in [-0.25, -0.2) is 4.39 Å². The van der Waals surface area contributed by atoms with Crippen molar-refractivity contribution < 1.29 is 9.50 Å². The lowest BCUT2D eigenvalue weighted by molar-refractivity contribution is 0.121. The summed E-state index contributed by atoms with van der Waals surface area (Å²) < 4.78 is 14.0. The zero-order valence-corrected chi connectivity index (χ0v) is 12.5. The zero-order chi connectivity index (χ0) is 15.1. The van der Waals surface area contributed by atoms with Crippen molar-refractivity contribution in [3.63, 3.8) is 0 Å². The molecule has 1 saturated heterocycles. The Morgan fingerprint density at radius 3 is 2.48 bits per heavy atom. The average Bonchev–Trinajstić information content (AvgIpc) is 2.43. The van der Waals surface area contributed by atoms with Crippen LogP contribution in [0.25, 0.3) is 10.9 Å². The number of aromatic hydroxyl groups is 1. The molecule has 1 aromatic carbocycles. The molecule has 2 heterocycles. The highest BCUT2D eigenvalue weighted by Gasteiger charge is 2.30. The summed E-state index contributed by atoms with van der Waals surface area (Å²) in [4.78, 5) is 2.36. The second-order valence-corrected chi connectivity index (χ2v) is 6.16. The third kappa shape index (κ3) is 2.58. The van der Waals surface area contributed by atoms with Crippen molar-refractivity contribution in [3.8, 4) is 5.75 Å². The molecule has 2 aromatic rings. The monoisotopic (exact) mass is 289 g/mol. The van der Waals surface area contributed by atoms with E-state index in [1.165, 1.54) is 6.07 Å². The minimum absolute atomic E-state index is 0.122. The predicted octanol–water partition coefficient (Wildman–Crippen LogP) is 3.06. The summed E-state index contributed by atoms with van der Waals surface area (Å²) in [6, 6.07) is 5.29. The van der Waals surface area contributed by atoms with Gasteiger partial charge in [0.25, 0.3) is 0 Å². The van der Waals surface area contributed by atoms with Gasteiger partial charge >= 0.3 is 0 Å². The smallest absolute Gasteiger partial charge is 0.136 e. The number of hydrogen-bond acceptors (Lipinski definition) is 4. The van der Waals surface area contributed by atoms with Crippen LogP contribution < -0.4 is 0 Å². The van der Waals surface area contributed by atoms with Crippen molar-refractivity contribution in [1.82, 2.24) is 15.1 Å². The quantitative estimate of drug-likeness (QED) is 0.876. The van der Waals surface area contributed by atoms with Gasteiger partial charge in [0.15, 0.2) is 0 Å². The third-order valence-electron chi connectivity index (χ3n) is 4.72. The van der Waals surface area contributed by atoms with Crippen LogP contribution in [0.4, 0.5) is 4.39 Å². The fourth-order valence-corrected chi connectivity index (χ4v) is 3.23. The molecule has 1 aromatic heterocycles. The number of benzene rings is 1. The molecular formula is C16H20FN3O. The maximum atomic E-state index is 14.0. The SMILES string of the molecule is C[C@@H]1C[C@H](c2cc3c(F)cc(O)cc3nn2)C[C@H](C)N1C. The van der Waals surface area contributed by atoms with Gasteiger partial charge in [-0.2, -0.15) is 10.2 Å². The molecular weight excluding hydrogens is 269 g/mol. The second kappa shape index (κ2) is 5.22. The number of piperidine rings is 1. The number of halogens is 1. The van der Waals surface area contributed by atoms with Crippen molar-refractivity contribution in [1.29, 1.82) is 0 Å². The Kier molecular flexibility index (Phi) is 3.53. The third-order valence-corrected chi connectivity index (χ3v) is 4.72. The molecule has 112 valence electrons. The number of nitrogens with zero attached hydrogens (tertiary/aromatic N) is 3. The van der Waals surface area contributed by atoms with Crippen LogP contribution in [0.5, 0.6) is 5.75 Å². The topological polar surface area (TPSA) is 49.3 Å². The fourth-order valence-electron chi connectivity index (χ4n) is 3.23. The number of aromatic nitrogens is 2. The van der Waals surface area contributed by atoms with E-state index in [1.54, 1.807) is 6.07 Å². The summed E-state index contributed by atoms with van der Waals surface area (Å²) in [5, 5.41) is 18.2.